The molecule has 3 saturated carbocycles. The van der Waals surface area contributed by atoms with E-state index in [-0.39, 0.29) is 0 Å². The molecule has 5 rings (SSSR count). The Morgan fingerprint density at radius 1 is 0.929 bits per heavy atom. The van der Waals surface area contributed by atoms with Gasteiger partial charge in [-0.15, -0.1) is 0 Å². The quantitative estimate of drug-likeness (QED) is 0.553. The second-order valence-corrected chi connectivity index (χ2v) is 10.5. The lowest BCUT2D eigenvalue weighted by Gasteiger charge is -2.58. The lowest BCUT2D eigenvalue weighted by Crippen LogP contribution is -2.50. The van der Waals surface area contributed by atoms with Crippen LogP contribution in [0.5, 0.6) is 0 Å². The van der Waals surface area contributed by atoms with Crippen LogP contribution >= 0.6 is 0 Å². The SMILES string of the molecule is C[C@]12CCC(=O)C=C1CC[C@@H]1C2CC[C@@]2(C)C1CC[C@@H]2/C=C/c1ccccc1. The van der Waals surface area contributed by atoms with Gasteiger partial charge in [0.2, 0.25) is 0 Å². The van der Waals surface area contributed by atoms with Gasteiger partial charge in [-0.1, -0.05) is 61.9 Å². The third-order valence-corrected chi connectivity index (χ3v) is 9.36. The Bertz CT molecular complexity index is 818. The van der Waals surface area contributed by atoms with E-state index in [1.807, 2.05) is 6.08 Å². The maximum Gasteiger partial charge on any atom is 0.155 e. The van der Waals surface area contributed by atoms with Crippen LogP contribution < -0.4 is 0 Å². The molecule has 1 heteroatoms. The van der Waals surface area contributed by atoms with Crippen LogP contribution in [0.25, 0.3) is 6.08 Å². The summed E-state index contributed by atoms with van der Waals surface area (Å²) in [6.07, 6.45) is 16.7. The minimum Gasteiger partial charge on any atom is -0.295 e. The summed E-state index contributed by atoms with van der Waals surface area (Å²) in [5, 5.41) is 0. The molecular formula is C27H34O. The summed E-state index contributed by atoms with van der Waals surface area (Å²) in [4.78, 5) is 12.0. The Hall–Kier alpha value is -1.63. The van der Waals surface area contributed by atoms with Crippen molar-refractivity contribution in [2.75, 3.05) is 0 Å². The first kappa shape index (κ1) is 18.4. The highest BCUT2D eigenvalue weighted by atomic mass is 16.1. The maximum absolute atomic E-state index is 12.0. The summed E-state index contributed by atoms with van der Waals surface area (Å²) in [7, 11) is 0. The summed E-state index contributed by atoms with van der Waals surface area (Å²) >= 11 is 0. The summed E-state index contributed by atoms with van der Waals surface area (Å²) in [6, 6.07) is 10.8. The highest BCUT2D eigenvalue weighted by Gasteiger charge is 2.58. The van der Waals surface area contributed by atoms with Crippen LogP contribution in [0, 0.1) is 34.5 Å². The first-order valence-electron chi connectivity index (χ1n) is 11.5. The number of carbonyl (C=O) groups excluding carboxylic acids is 1. The minimum absolute atomic E-state index is 0.302. The summed E-state index contributed by atoms with van der Waals surface area (Å²) in [6.45, 7) is 5.09. The molecule has 0 saturated heterocycles. The van der Waals surface area contributed by atoms with Crippen LogP contribution in [0.4, 0.5) is 0 Å². The molecule has 4 aliphatic carbocycles. The van der Waals surface area contributed by atoms with Crippen LogP contribution in [-0.4, -0.2) is 5.78 Å². The van der Waals surface area contributed by atoms with E-state index in [9.17, 15) is 4.79 Å². The molecule has 0 aromatic heterocycles. The van der Waals surface area contributed by atoms with Crippen molar-refractivity contribution in [3.8, 4) is 0 Å². The highest BCUT2D eigenvalue weighted by molar-refractivity contribution is 5.91. The third kappa shape index (κ3) is 2.77. The summed E-state index contributed by atoms with van der Waals surface area (Å²) < 4.78 is 0. The van der Waals surface area contributed by atoms with Gasteiger partial charge >= 0.3 is 0 Å². The second-order valence-electron chi connectivity index (χ2n) is 10.5. The number of fused-ring (bicyclic) bond motifs is 5. The fourth-order valence-corrected chi connectivity index (χ4v) is 7.71. The largest absolute Gasteiger partial charge is 0.295 e. The molecule has 0 heterocycles. The number of allylic oxidation sites excluding steroid dienone is 2. The number of hydrogen-bond acceptors (Lipinski definition) is 1. The number of benzene rings is 1. The van der Waals surface area contributed by atoms with Gasteiger partial charge in [0.25, 0.3) is 0 Å². The van der Waals surface area contributed by atoms with Crippen molar-refractivity contribution in [3.63, 3.8) is 0 Å². The standard InChI is InChI=1S/C27H34O/c1-26-17-15-25-23(12-10-21-18-22(28)14-16-27(21,25)2)24(26)13-11-20(26)9-8-19-6-4-3-5-7-19/h3-9,18,20,23-25H,10-17H2,1-2H3/b9-8+/t20-,23-,24?,25?,26+,27-/m0/s1. The van der Waals surface area contributed by atoms with E-state index in [0.29, 0.717) is 16.6 Å². The van der Waals surface area contributed by atoms with E-state index >= 15 is 0 Å². The fourth-order valence-electron chi connectivity index (χ4n) is 7.71. The van der Waals surface area contributed by atoms with E-state index in [0.717, 1.165) is 36.5 Å². The molecule has 1 aromatic carbocycles. The molecular weight excluding hydrogens is 340 g/mol. The monoisotopic (exact) mass is 374 g/mol. The molecule has 6 atom stereocenters. The van der Waals surface area contributed by atoms with Gasteiger partial charge in [0.15, 0.2) is 5.78 Å². The van der Waals surface area contributed by atoms with Gasteiger partial charge in [-0.2, -0.15) is 0 Å². The molecule has 4 aliphatic rings. The molecule has 148 valence electrons. The van der Waals surface area contributed by atoms with Crippen LogP contribution in [0.2, 0.25) is 0 Å². The van der Waals surface area contributed by atoms with Crippen molar-refractivity contribution < 1.29 is 4.79 Å². The zero-order chi connectivity index (χ0) is 19.4. The van der Waals surface area contributed by atoms with Gasteiger partial charge in [-0.05, 0) is 91.1 Å². The first-order valence-corrected chi connectivity index (χ1v) is 11.5. The van der Waals surface area contributed by atoms with Crippen molar-refractivity contribution in [2.24, 2.45) is 34.5 Å². The van der Waals surface area contributed by atoms with E-state index in [1.165, 1.54) is 49.7 Å². The van der Waals surface area contributed by atoms with Crippen molar-refractivity contribution in [2.45, 2.75) is 65.2 Å². The average Bonchev–Trinajstić information content (AvgIpc) is 3.04. The van der Waals surface area contributed by atoms with Gasteiger partial charge < -0.3 is 0 Å². The topological polar surface area (TPSA) is 17.1 Å². The Labute approximate surface area is 170 Å². The first-order chi connectivity index (χ1) is 13.5. The van der Waals surface area contributed by atoms with Crippen LogP contribution in [0.3, 0.4) is 0 Å². The molecule has 28 heavy (non-hydrogen) atoms. The molecule has 0 aliphatic heterocycles. The zero-order valence-electron chi connectivity index (χ0n) is 17.5. The molecule has 3 fully saturated rings. The van der Waals surface area contributed by atoms with Gasteiger partial charge in [-0.3, -0.25) is 4.79 Å². The van der Waals surface area contributed by atoms with Crippen molar-refractivity contribution >= 4 is 11.9 Å². The van der Waals surface area contributed by atoms with Crippen LogP contribution in [0.1, 0.15) is 70.8 Å². The molecule has 1 aromatic rings. The van der Waals surface area contributed by atoms with Gasteiger partial charge in [0, 0.05) is 6.42 Å². The van der Waals surface area contributed by atoms with Gasteiger partial charge in [-0.25, -0.2) is 0 Å². The zero-order valence-corrected chi connectivity index (χ0v) is 17.5. The summed E-state index contributed by atoms with van der Waals surface area (Å²) in [5.74, 6) is 3.63. The fraction of sp³-hybridized carbons (Fsp3) is 0.593. The van der Waals surface area contributed by atoms with E-state index in [1.54, 1.807) is 0 Å². The molecule has 0 bridgehead atoms. The van der Waals surface area contributed by atoms with Crippen LogP contribution in [-0.2, 0) is 4.79 Å². The molecule has 0 N–H and O–H groups in total. The molecule has 0 spiro atoms. The van der Waals surface area contributed by atoms with E-state index in [2.05, 4.69) is 56.3 Å². The smallest absolute Gasteiger partial charge is 0.155 e. The Morgan fingerprint density at radius 3 is 2.57 bits per heavy atom. The Balaban J connectivity index is 1.39. The second kappa shape index (κ2) is 6.71. The lowest BCUT2D eigenvalue weighted by molar-refractivity contribution is -0.117. The average molecular weight is 375 g/mol. The molecule has 1 nitrogen and oxygen atoms in total. The Morgan fingerprint density at radius 2 is 1.75 bits per heavy atom. The lowest BCUT2D eigenvalue weighted by atomic mass is 9.47. The molecule has 0 radical (unpaired) electrons. The number of ketones is 1. The number of carbonyl (C=O) groups is 1. The summed E-state index contributed by atoms with van der Waals surface area (Å²) in [5.41, 5.74) is 3.59. The number of rotatable bonds is 2. The van der Waals surface area contributed by atoms with Crippen molar-refractivity contribution in [1.29, 1.82) is 0 Å². The van der Waals surface area contributed by atoms with Gasteiger partial charge in [0.1, 0.15) is 0 Å². The number of hydrogen-bond donors (Lipinski definition) is 0. The normalized spacial score (nSPS) is 42.6. The predicted molar refractivity (Wildman–Crippen MR) is 116 cm³/mol. The van der Waals surface area contributed by atoms with E-state index < -0.39 is 0 Å². The van der Waals surface area contributed by atoms with Crippen molar-refractivity contribution in [1.82, 2.24) is 0 Å². The highest BCUT2D eigenvalue weighted by Crippen LogP contribution is 2.66. The Kier molecular flexibility index (Phi) is 4.41. The van der Waals surface area contributed by atoms with Gasteiger partial charge in [0.05, 0.1) is 0 Å². The van der Waals surface area contributed by atoms with Crippen LogP contribution in [0.15, 0.2) is 48.1 Å². The van der Waals surface area contributed by atoms with E-state index in [4.69, 9.17) is 0 Å². The molecule has 2 unspecified atom stereocenters. The maximum atomic E-state index is 12.0. The molecule has 0 amide bonds. The minimum atomic E-state index is 0.302. The predicted octanol–water partition coefficient (Wildman–Crippen LogP) is 6.85. The van der Waals surface area contributed by atoms with Crippen molar-refractivity contribution in [3.05, 3.63) is 53.6 Å². The third-order valence-electron chi connectivity index (χ3n) is 9.36.